The van der Waals surface area contributed by atoms with Gasteiger partial charge in [-0.1, -0.05) is 0 Å². The van der Waals surface area contributed by atoms with Crippen molar-refractivity contribution in [2.45, 2.75) is 18.9 Å². The largest absolute Gasteiger partial charge is 0.370 e. The summed E-state index contributed by atoms with van der Waals surface area (Å²) in [5.74, 6) is -0.151. The standard InChI is InChI=1S/C7H15N3O2S/c8-5(1-2-6(9)11)7(12)10-3-4-13/h5,13H,1-4,8H2,(H2,9,11)(H,10,12). The second-order valence-electron chi connectivity index (χ2n) is 2.63. The van der Waals surface area contributed by atoms with Gasteiger partial charge in [0, 0.05) is 18.7 Å². The maximum absolute atomic E-state index is 11.1. The third-order valence-electron chi connectivity index (χ3n) is 1.45. The first-order chi connectivity index (χ1) is 6.07. The predicted molar refractivity (Wildman–Crippen MR) is 53.3 cm³/mol. The Kier molecular flexibility index (Phi) is 6.34. The van der Waals surface area contributed by atoms with Crippen LogP contribution in [0.15, 0.2) is 0 Å². The summed E-state index contributed by atoms with van der Waals surface area (Å²) in [6, 6.07) is -0.660. The van der Waals surface area contributed by atoms with E-state index >= 15 is 0 Å². The van der Waals surface area contributed by atoms with E-state index in [9.17, 15) is 9.59 Å². The van der Waals surface area contributed by atoms with Crippen LogP contribution in [0, 0.1) is 0 Å². The molecule has 5 N–H and O–H groups in total. The first kappa shape index (κ1) is 12.2. The number of carbonyl (C=O) groups excluding carboxylic acids is 2. The predicted octanol–water partition coefficient (Wildman–Crippen LogP) is -1.37. The Balaban J connectivity index is 3.62. The molecule has 2 amide bonds. The minimum atomic E-state index is -0.660. The lowest BCUT2D eigenvalue weighted by Gasteiger charge is -2.09. The Labute approximate surface area is 82.6 Å². The fraction of sp³-hybridized carbons (Fsp3) is 0.714. The summed E-state index contributed by atoms with van der Waals surface area (Å²) in [6.07, 6.45) is 0.420. The Hall–Kier alpha value is -0.750. The number of nitrogens with two attached hydrogens (primary N) is 2. The van der Waals surface area contributed by atoms with Crippen molar-refractivity contribution in [3.8, 4) is 0 Å². The minimum absolute atomic E-state index is 0.134. The molecule has 6 heteroatoms. The lowest BCUT2D eigenvalue weighted by molar-refractivity contribution is -0.122. The lowest BCUT2D eigenvalue weighted by Crippen LogP contribution is -2.41. The van der Waals surface area contributed by atoms with Gasteiger partial charge < -0.3 is 16.8 Å². The van der Waals surface area contributed by atoms with E-state index in [0.717, 1.165) is 0 Å². The Morgan fingerprint density at radius 2 is 2.08 bits per heavy atom. The zero-order valence-electron chi connectivity index (χ0n) is 7.32. The zero-order valence-corrected chi connectivity index (χ0v) is 8.22. The van der Waals surface area contributed by atoms with E-state index in [-0.39, 0.29) is 18.7 Å². The molecule has 0 aromatic carbocycles. The van der Waals surface area contributed by atoms with Crippen molar-refractivity contribution < 1.29 is 9.59 Å². The van der Waals surface area contributed by atoms with Crippen molar-refractivity contribution in [1.29, 1.82) is 0 Å². The van der Waals surface area contributed by atoms with Crippen LogP contribution < -0.4 is 16.8 Å². The summed E-state index contributed by atoms with van der Waals surface area (Å²) in [4.78, 5) is 21.5. The number of carbonyl (C=O) groups is 2. The number of primary amides is 1. The molecular weight excluding hydrogens is 190 g/mol. The molecule has 1 unspecified atom stereocenters. The molecule has 0 saturated carbocycles. The van der Waals surface area contributed by atoms with Crippen molar-refractivity contribution in [1.82, 2.24) is 5.32 Å². The molecule has 0 aliphatic rings. The van der Waals surface area contributed by atoms with Gasteiger partial charge in [0.2, 0.25) is 11.8 Å². The fourth-order valence-electron chi connectivity index (χ4n) is 0.739. The Morgan fingerprint density at radius 1 is 1.46 bits per heavy atom. The van der Waals surface area contributed by atoms with Crippen LogP contribution in [0.3, 0.4) is 0 Å². The quantitative estimate of drug-likeness (QED) is 0.402. The second-order valence-corrected chi connectivity index (χ2v) is 3.07. The number of hydrogen-bond donors (Lipinski definition) is 4. The Morgan fingerprint density at radius 3 is 2.54 bits per heavy atom. The molecule has 0 rings (SSSR count). The summed E-state index contributed by atoms with van der Waals surface area (Å²) in [5.41, 5.74) is 10.4. The van der Waals surface area contributed by atoms with Crippen LogP contribution in [-0.4, -0.2) is 30.2 Å². The van der Waals surface area contributed by atoms with Crippen LogP contribution >= 0.6 is 12.6 Å². The van der Waals surface area contributed by atoms with Gasteiger partial charge in [-0.2, -0.15) is 12.6 Å². The molecule has 0 saturated heterocycles. The van der Waals surface area contributed by atoms with E-state index in [1.165, 1.54) is 0 Å². The van der Waals surface area contributed by atoms with Gasteiger partial charge >= 0.3 is 0 Å². The molecule has 0 heterocycles. The normalized spacial score (nSPS) is 12.2. The average Bonchev–Trinajstić information content (AvgIpc) is 2.10. The van der Waals surface area contributed by atoms with Crippen LogP contribution in [0.4, 0.5) is 0 Å². The van der Waals surface area contributed by atoms with E-state index in [1.807, 2.05) is 0 Å². The molecule has 0 aliphatic heterocycles. The van der Waals surface area contributed by atoms with Crippen molar-refractivity contribution >= 4 is 24.4 Å². The fourth-order valence-corrected chi connectivity index (χ4v) is 0.851. The molecule has 0 aromatic heterocycles. The summed E-state index contributed by atoms with van der Waals surface area (Å²) >= 11 is 3.92. The van der Waals surface area contributed by atoms with Gasteiger partial charge in [-0.15, -0.1) is 0 Å². The van der Waals surface area contributed by atoms with Crippen LogP contribution in [0.2, 0.25) is 0 Å². The number of nitrogens with one attached hydrogen (secondary N) is 1. The summed E-state index contributed by atoms with van der Waals surface area (Å²) in [5, 5.41) is 2.56. The van der Waals surface area contributed by atoms with Gasteiger partial charge in [0.1, 0.15) is 0 Å². The lowest BCUT2D eigenvalue weighted by atomic mass is 10.1. The number of hydrogen-bond acceptors (Lipinski definition) is 4. The molecule has 5 nitrogen and oxygen atoms in total. The summed E-state index contributed by atoms with van der Waals surface area (Å²) in [7, 11) is 0. The van der Waals surface area contributed by atoms with Gasteiger partial charge in [-0.3, -0.25) is 9.59 Å². The van der Waals surface area contributed by atoms with Crippen LogP contribution in [0.25, 0.3) is 0 Å². The molecular formula is C7H15N3O2S. The van der Waals surface area contributed by atoms with E-state index < -0.39 is 11.9 Å². The van der Waals surface area contributed by atoms with Gasteiger partial charge in [0.25, 0.3) is 0 Å². The van der Waals surface area contributed by atoms with Crippen LogP contribution in [0.1, 0.15) is 12.8 Å². The average molecular weight is 205 g/mol. The minimum Gasteiger partial charge on any atom is -0.370 e. The Bertz CT molecular complexity index is 187. The topological polar surface area (TPSA) is 98.2 Å². The number of amides is 2. The maximum atomic E-state index is 11.1. The molecule has 13 heavy (non-hydrogen) atoms. The highest BCUT2D eigenvalue weighted by molar-refractivity contribution is 7.80. The van der Waals surface area contributed by atoms with Crippen molar-refractivity contribution in [2.75, 3.05) is 12.3 Å². The van der Waals surface area contributed by atoms with Crippen LogP contribution in [-0.2, 0) is 9.59 Å². The van der Waals surface area contributed by atoms with E-state index in [4.69, 9.17) is 11.5 Å². The van der Waals surface area contributed by atoms with Gasteiger partial charge in [-0.25, -0.2) is 0 Å². The molecule has 0 aliphatic carbocycles. The molecule has 0 bridgehead atoms. The molecule has 0 spiro atoms. The van der Waals surface area contributed by atoms with E-state index in [0.29, 0.717) is 12.3 Å². The molecule has 0 fully saturated rings. The monoisotopic (exact) mass is 205 g/mol. The molecule has 0 radical (unpaired) electrons. The third-order valence-corrected chi connectivity index (χ3v) is 1.67. The van der Waals surface area contributed by atoms with Gasteiger partial charge in [-0.05, 0) is 6.42 Å². The highest BCUT2D eigenvalue weighted by Gasteiger charge is 2.12. The smallest absolute Gasteiger partial charge is 0.236 e. The number of rotatable bonds is 6. The molecule has 0 aromatic rings. The van der Waals surface area contributed by atoms with Gasteiger partial charge in [0.15, 0.2) is 0 Å². The van der Waals surface area contributed by atoms with E-state index in [1.54, 1.807) is 0 Å². The first-order valence-corrected chi connectivity index (χ1v) is 4.63. The molecule has 76 valence electrons. The maximum Gasteiger partial charge on any atom is 0.236 e. The van der Waals surface area contributed by atoms with Crippen molar-refractivity contribution in [2.24, 2.45) is 11.5 Å². The third kappa shape index (κ3) is 6.41. The van der Waals surface area contributed by atoms with E-state index in [2.05, 4.69) is 17.9 Å². The zero-order chi connectivity index (χ0) is 10.3. The van der Waals surface area contributed by atoms with Crippen molar-refractivity contribution in [3.63, 3.8) is 0 Å². The molecule has 1 atom stereocenters. The van der Waals surface area contributed by atoms with Crippen LogP contribution in [0.5, 0.6) is 0 Å². The SMILES string of the molecule is NC(=O)CCC(N)C(=O)NCCS. The highest BCUT2D eigenvalue weighted by atomic mass is 32.1. The second kappa shape index (κ2) is 6.73. The highest BCUT2D eigenvalue weighted by Crippen LogP contribution is 1.93. The summed E-state index contributed by atoms with van der Waals surface area (Å²) in [6.45, 7) is 0.478. The summed E-state index contributed by atoms with van der Waals surface area (Å²) < 4.78 is 0. The van der Waals surface area contributed by atoms with Gasteiger partial charge in [0.05, 0.1) is 6.04 Å². The first-order valence-electron chi connectivity index (χ1n) is 4.00. The number of thiol groups is 1. The van der Waals surface area contributed by atoms with Crippen molar-refractivity contribution in [3.05, 3.63) is 0 Å².